The van der Waals surface area contributed by atoms with Gasteiger partial charge in [-0.05, 0) is 18.9 Å². The van der Waals surface area contributed by atoms with Crippen molar-refractivity contribution in [1.82, 2.24) is 14.8 Å². The largest absolute Gasteiger partial charge is 0.463 e. The molecule has 0 amide bonds. The number of carbonyl (C=O) groups is 1. The normalized spacial score (nSPS) is 16.0. The van der Waals surface area contributed by atoms with Gasteiger partial charge in [0.2, 0.25) is 5.95 Å². The first-order valence-electron chi connectivity index (χ1n) is 8.37. The van der Waals surface area contributed by atoms with Gasteiger partial charge >= 0.3 is 5.97 Å². The van der Waals surface area contributed by atoms with E-state index in [4.69, 9.17) is 4.74 Å². The van der Waals surface area contributed by atoms with E-state index in [1.807, 2.05) is 6.92 Å². The van der Waals surface area contributed by atoms with Gasteiger partial charge < -0.3 is 10.1 Å². The predicted molar refractivity (Wildman–Crippen MR) is 93.4 cm³/mol. The SMILES string of the molecule is CCCC1=C(C(=O)OCC)[C@H](c2cccc([N+](=O)[O-])c2)n2ncnc2N1. The van der Waals surface area contributed by atoms with E-state index in [9.17, 15) is 14.9 Å². The number of rotatable bonds is 6. The Balaban J connectivity index is 2.19. The molecule has 1 N–H and O–H groups in total. The van der Waals surface area contributed by atoms with Crippen LogP contribution in [0.5, 0.6) is 0 Å². The van der Waals surface area contributed by atoms with Gasteiger partial charge in [-0.1, -0.05) is 25.5 Å². The molecule has 0 bridgehead atoms. The van der Waals surface area contributed by atoms with Crippen molar-refractivity contribution in [1.29, 1.82) is 0 Å². The Kier molecular flexibility index (Phi) is 4.97. The van der Waals surface area contributed by atoms with Crippen LogP contribution in [0.1, 0.15) is 38.3 Å². The molecule has 1 aliphatic rings. The summed E-state index contributed by atoms with van der Waals surface area (Å²) < 4.78 is 6.79. The second kappa shape index (κ2) is 7.34. The van der Waals surface area contributed by atoms with Crippen molar-refractivity contribution in [2.24, 2.45) is 0 Å². The molecule has 1 aromatic carbocycles. The van der Waals surface area contributed by atoms with Crippen LogP contribution in [0.4, 0.5) is 11.6 Å². The number of fused-ring (bicyclic) bond motifs is 1. The van der Waals surface area contributed by atoms with Crippen LogP contribution in [0.2, 0.25) is 0 Å². The topological polar surface area (TPSA) is 112 Å². The van der Waals surface area contributed by atoms with Gasteiger partial charge in [0.1, 0.15) is 12.4 Å². The fourth-order valence-electron chi connectivity index (χ4n) is 3.03. The Morgan fingerprint density at radius 3 is 2.92 bits per heavy atom. The Morgan fingerprint density at radius 2 is 2.23 bits per heavy atom. The van der Waals surface area contributed by atoms with Crippen LogP contribution < -0.4 is 5.32 Å². The standard InChI is InChI=1S/C17H19N5O4/c1-3-6-13-14(16(23)26-4-2)15(21-17(20-13)18-10-19-21)11-7-5-8-12(9-11)22(24)25/h5,7-10,15H,3-4,6H2,1-2H3,(H,18,19,20)/t15-/m0/s1. The van der Waals surface area contributed by atoms with Crippen LogP contribution in [-0.4, -0.2) is 32.3 Å². The number of benzene rings is 1. The number of esters is 1. The van der Waals surface area contributed by atoms with E-state index in [2.05, 4.69) is 15.4 Å². The summed E-state index contributed by atoms with van der Waals surface area (Å²) in [5.41, 5.74) is 1.61. The number of nitrogens with one attached hydrogen (secondary N) is 1. The number of hydrogen-bond donors (Lipinski definition) is 1. The highest BCUT2D eigenvalue weighted by Crippen LogP contribution is 2.37. The fourth-order valence-corrected chi connectivity index (χ4v) is 3.03. The number of anilines is 1. The lowest BCUT2D eigenvalue weighted by Crippen LogP contribution is -2.30. The van der Waals surface area contributed by atoms with Crippen molar-refractivity contribution in [2.75, 3.05) is 11.9 Å². The first-order valence-corrected chi connectivity index (χ1v) is 8.37. The van der Waals surface area contributed by atoms with Crippen molar-refractivity contribution in [3.05, 3.63) is 57.5 Å². The van der Waals surface area contributed by atoms with Gasteiger partial charge in [0, 0.05) is 17.8 Å². The number of nitro groups is 1. The zero-order chi connectivity index (χ0) is 18.7. The molecule has 1 atom stereocenters. The van der Waals surface area contributed by atoms with E-state index in [0.717, 1.165) is 6.42 Å². The van der Waals surface area contributed by atoms with Crippen molar-refractivity contribution in [2.45, 2.75) is 32.7 Å². The number of carbonyl (C=O) groups excluding carboxylic acids is 1. The van der Waals surface area contributed by atoms with Gasteiger partial charge in [0.25, 0.3) is 5.69 Å². The molecule has 0 unspecified atom stereocenters. The average molecular weight is 357 g/mol. The molecule has 1 aromatic heterocycles. The van der Waals surface area contributed by atoms with Crippen molar-refractivity contribution >= 4 is 17.6 Å². The van der Waals surface area contributed by atoms with Crippen LogP contribution in [0.15, 0.2) is 41.9 Å². The zero-order valence-electron chi connectivity index (χ0n) is 14.5. The second-order valence-corrected chi connectivity index (χ2v) is 5.77. The number of aromatic nitrogens is 3. The van der Waals surface area contributed by atoms with E-state index in [0.29, 0.717) is 29.2 Å². The van der Waals surface area contributed by atoms with Gasteiger partial charge in [-0.15, -0.1) is 0 Å². The lowest BCUT2D eigenvalue weighted by atomic mass is 9.93. The predicted octanol–water partition coefficient (Wildman–Crippen LogP) is 2.82. The van der Waals surface area contributed by atoms with E-state index in [1.54, 1.807) is 23.7 Å². The third-order valence-electron chi connectivity index (χ3n) is 4.07. The molecule has 0 aliphatic carbocycles. The summed E-state index contributed by atoms with van der Waals surface area (Å²) in [5.74, 6) is 0.0131. The summed E-state index contributed by atoms with van der Waals surface area (Å²) in [4.78, 5) is 27.6. The van der Waals surface area contributed by atoms with E-state index >= 15 is 0 Å². The number of ether oxygens (including phenoxy) is 1. The van der Waals surface area contributed by atoms with E-state index in [1.165, 1.54) is 18.5 Å². The fraction of sp³-hybridized carbons (Fsp3) is 0.353. The maximum Gasteiger partial charge on any atom is 0.338 e. The molecule has 0 radical (unpaired) electrons. The first kappa shape index (κ1) is 17.6. The third kappa shape index (κ3) is 3.15. The van der Waals surface area contributed by atoms with Crippen molar-refractivity contribution in [3.63, 3.8) is 0 Å². The van der Waals surface area contributed by atoms with Crippen LogP contribution in [-0.2, 0) is 9.53 Å². The molecular weight excluding hydrogens is 338 g/mol. The molecular formula is C17H19N5O4. The minimum atomic E-state index is -0.644. The quantitative estimate of drug-likeness (QED) is 0.480. The number of non-ortho nitro benzene ring substituents is 1. The summed E-state index contributed by atoms with van der Waals surface area (Å²) in [6.07, 6.45) is 2.80. The summed E-state index contributed by atoms with van der Waals surface area (Å²) in [7, 11) is 0. The monoisotopic (exact) mass is 357 g/mol. The van der Waals surface area contributed by atoms with E-state index in [-0.39, 0.29) is 12.3 Å². The molecule has 2 aromatic rings. The molecule has 9 heteroatoms. The highest BCUT2D eigenvalue weighted by atomic mass is 16.6. The van der Waals surface area contributed by atoms with Gasteiger partial charge in [-0.2, -0.15) is 10.1 Å². The molecule has 136 valence electrons. The number of hydrogen-bond acceptors (Lipinski definition) is 7. The first-order chi connectivity index (χ1) is 12.6. The van der Waals surface area contributed by atoms with E-state index < -0.39 is 16.9 Å². The van der Waals surface area contributed by atoms with Crippen molar-refractivity contribution in [3.8, 4) is 0 Å². The summed E-state index contributed by atoms with van der Waals surface area (Å²) in [5, 5.41) is 18.5. The highest BCUT2D eigenvalue weighted by Gasteiger charge is 2.35. The van der Waals surface area contributed by atoms with Crippen molar-refractivity contribution < 1.29 is 14.5 Å². The molecule has 1 aliphatic heterocycles. The third-order valence-corrected chi connectivity index (χ3v) is 4.07. The zero-order valence-corrected chi connectivity index (χ0v) is 14.5. The minimum absolute atomic E-state index is 0.0528. The maximum atomic E-state index is 12.7. The van der Waals surface area contributed by atoms with Crippen LogP contribution in [0.25, 0.3) is 0 Å². The van der Waals surface area contributed by atoms with Crippen LogP contribution in [0.3, 0.4) is 0 Å². The van der Waals surface area contributed by atoms with Gasteiger partial charge in [-0.3, -0.25) is 10.1 Å². The average Bonchev–Trinajstić information content (AvgIpc) is 3.09. The smallest absolute Gasteiger partial charge is 0.338 e. The number of allylic oxidation sites excluding steroid dienone is 1. The van der Waals surface area contributed by atoms with Gasteiger partial charge in [0.15, 0.2) is 0 Å². The number of nitro benzene ring substituents is 1. The maximum absolute atomic E-state index is 12.7. The Bertz CT molecular complexity index is 874. The highest BCUT2D eigenvalue weighted by molar-refractivity contribution is 5.92. The molecule has 2 heterocycles. The lowest BCUT2D eigenvalue weighted by Gasteiger charge is -2.29. The summed E-state index contributed by atoms with van der Waals surface area (Å²) in [6.45, 7) is 3.96. The summed E-state index contributed by atoms with van der Waals surface area (Å²) >= 11 is 0. The van der Waals surface area contributed by atoms with Crippen LogP contribution >= 0.6 is 0 Å². The lowest BCUT2D eigenvalue weighted by molar-refractivity contribution is -0.384. The van der Waals surface area contributed by atoms with Gasteiger partial charge in [-0.25, -0.2) is 9.48 Å². The Labute approximate surface area is 149 Å². The minimum Gasteiger partial charge on any atom is -0.463 e. The van der Waals surface area contributed by atoms with Crippen LogP contribution in [0, 0.1) is 10.1 Å². The molecule has 0 saturated heterocycles. The molecule has 3 rings (SSSR count). The van der Waals surface area contributed by atoms with Gasteiger partial charge in [0.05, 0.1) is 17.1 Å². The molecule has 26 heavy (non-hydrogen) atoms. The Morgan fingerprint density at radius 1 is 1.42 bits per heavy atom. The summed E-state index contributed by atoms with van der Waals surface area (Å²) in [6, 6.07) is 5.54. The number of nitrogens with zero attached hydrogens (tertiary/aromatic N) is 4. The molecule has 9 nitrogen and oxygen atoms in total. The Hall–Kier alpha value is -3.23. The molecule has 0 fully saturated rings. The molecule has 0 saturated carbocycles. The second-order valence-electron chi connectivity index (χ2n) is 5.77. The molecule has 0 spiro atoms.